The van der Waals surface area contributed by atoms with Gasteiger partial charge in [0, 0.05) is 18.1 Å². The van der Waals surface area contributed by atoms with Crippen molar-refractivity contribution in [3.63, 3.8) is 0 Å². The number of nitrogens with zero attached hydrogens (tertiary/aromatic N) is 5. The highest BCUT2D eigenvalue weighted by Gasteiger charge is 2.11. The molecule has 2 rings (SSSR count). The highest BCUT2D eigenvalue weighted by Crippen LogP contribution is 2.33. The van der Waals surface area contributed by atoms with Gasteiger partial charge in [0.2, 0.25) is 0 Å². The lowest BCUT2D eigenvalue weighted by atomic mass is 10.5. The van der Waals surface area contributed by atoms with Crippen molar-refractivity contribution < 1.29 is 0 Å². The van der Waals surface area contributed by atoms with E-state index in [1.165, 1.54) is 29.3 Å². The molecule has 0 aliphatic carbocycles. The molecule has 18 heavy (non-hydrogen) atoms. The molecule has 0 unspecified atom stereocenters. The van der Waals surface area contributed by atoms with Crippen molar-refractivity contribution in [1.82, 2.24) is 20.2 Å². The van der Waals surface area contributed by atoms with Crippen molar-refractivity contribution in [2.45, 2.75) is 13.7 Å². The van der Waals surface area contributed by atoms with E-state index in [1.807, 2.05) is 12.1 Å². The van der Waals surface area contributed by atoms with Crippen molar-refractivity contribution in [2.75, 3.05) is 5.75 Å². The van der Waals surface area contributed by atoms with Crippen LogP contribution in [0.25, 0.3) is 0 Å². The largest absolute Gasteiger partial charge is 0.245 e. The van der Waals surface area contributed by atoms with Crippen molar-refractivity contribution in [2.24, 2.45) is 0 Å². The van der Waals surface area contributed by atoms with Gasteiger partial charge >= 0.3 is 0 Å². The number of aromatic nitrogens is 4. The second-order valence-corrected chi connectivity index (χ2v) is 6.34. The zero-order valence-electron chi connectivity index (χ0n) is 9.11. The van der Waals surface area contributed by atoms with E-state index in [9.17, 15) is 0 Å². The lowest BCUT2D eigenvalue weighted by Gasteiger charge is -1.96. The third kappa shape index (κ3) is 3.29. The van der Waals surface area contributed by atoms with Crippen molar-refractivity contribution in [3.8, 4) is 6.07 Å². The maximum absolute atomic E-state index is 8.90. The molecule has 5 nitrogen and oxygen atoms in total. The first-order chi connectivity index (χ1) is 8.83. The summed E-state index contributed by atoms with van der Waals surface area (Å²) in [6, 6.07) is 2.00. The summed E-state index contributed by atoms with van der Waals surface area (Å²) < 4.78 is 1.62. The van der Waals surface area contributed by atoms with Gasteiger partial charge in [-0.2, -0.15) is 5.26 Å². The summed E-state index contributed by atoms with van der Waals surface area (Å²) in [5.41, 5.74) is 0.304. The molecule has 0 aliphatic rings. The number of hydrogen-bond donors (Lipinski definition) is 0. The average molecular weight is 293 g/mol. The molecule has 0 spiro atoms. The van der Waals surface area contributed by atoms with E-state index >= 15 is 0 Å². The molecule has 0 amide bonds. The minimum absolute atomic E-state index is 0.304. The molecule has 0 aliphatic heterocycles. The molecule has 0 saturated carbocycles. The third-order valence-electron chi connectivity index (χ3n) is 1.67. The Hall–Kier alpha value is -1.43. The van der Waals surface area contributed by atoms with Gasteiger partial charge < -0.3 is 0 Å². The minimum Gasteiger partial charge on any atom is -0.245 e. The molecule has 2 aromatic heterocycles. The fourth-order valence-corrected chi connectivity index (χ4v) is 3.69. The normalized spacial score (nSPS) is 9.94. The monoisotopic (exact) mass is 293 g/mol. The maximum Gasteiger partial charge on any atom is 0.181 e. The van der Waals surface area contributed by atoms with Crippen LogP contribution in [-0.2, 0) is 0 Å². The molecule has 0 N–H and O–H groups in total. The SMILES string of the molecule is C=CCSc1nnc(Sc2nccnc2C#N)s1. The lowest BCUT2D eigenvalue weighted by molar-refractivity contribution is 0.949. The molecule has 0 atom stereocenters. The summed E-state index contributed by atoms with van der Waals surface area (Å²) in [4.78, 5) is 8.05. The molecule has 0 aromatic carbocycles. The highest BCUT2D eigenvalue weighted by atomic mass is 32.2. The van der Waals surface area contributed by atoms with Gasteiger partial charge in [-0.05, 0) is 11.8 Å². The van der Waals surface area contributed by atoms with E-state index < -0.39 is 0 Å². The fraction of sp³-hybridized carbons (Fsp3) is 0.100. The first-order valence-corrected chi connectivity index (χ1v) is 7.41. The summed E-state index contributed by atoms with van der Waals surface area (Å²) in [5, 5.41) is 17.5. The predicted molar refractivity (Wildman–Crippen MR) is 71.7 cm³/mol. The Morgan fingerprint density at radius 2 is 2.11 bits per heavy atom. The molecule has 2 heterocycles. The Bertz CT molecular complexity index is 589. The summed E-state index contributed by atoms with van der Waals surface area (Å²) in [5.74, 6) is 0.799. The standard InChI is InChI=1S/C10H7N5S3/c1-2-5-16-9-14-15-10(18-9)17-8-7(6-11)12-3-4-13-8/h2-4H,1,5H2. The Morgan fingerprint density at radius 1 is 1.33 bits per heavy atom. The van der Waals surface area contributed by atoms with Gasteiger partial charge in [-0.3, -0.25) is 0 Å². The van der Waals surface area contributed by atoms with Crippen LogP contribution in [0.15, 0.2) is 38.8 Å². The fourth-order valence-electron chi connectivity index (χ4n) is 0.986. The second-order valence-electron chi connectivity index (χ2n) is 2.86. The quantitative estimate of drug-likeness (QED) is 0.619. The second kappa shape index (κ2) is 6.49. The third-order valence-corrected chi connectivity index (χ3v) is 4.76. The molecular formula is C10H7N5S3. The van der Waals surface area contributed by atoms with Gasteiger partial charge in [-0.15, -0.1) is 16.8 Å². The van der Waals surface area contributed by atoms with E-state index in [0.29, 0.717) is 10.7 Å². The Kier molecular flexibility index (Phi) is 4.69. The predicted octanol–water partition coefficient (Wildman–Crippen LogP) is 2.63. The van der Waals surface area contributed by atoms with Crippen LogP contribution < -0.4 is 0 Å². The van der Waals surface area contributed by atoms with Crippen molar-refractivity contribution in [1.29, 1.82) is 5.26 Å². The summed E-state index contributed by atoms with van der Waals surface area (Å²) in [6.45, 7) is 3.65. The molecule has 0 fully saturated rings. The average Bonchev–Trinajstić information content (AvgIpc) is 2.84. The van der Waals surface area contributed by atoms with Gasteiger partial charge in [-0.1, -0.05) is 29.2 Å². The Morgan fingerprint density at radius 3 is 2.89 bits per heavy atom. The van der Waals surface area contributed by atoms with Gasteiger partial charge in [0.05, 0.1) is 0 Å². The van der Waals surface area contributed by atoms with Crippen LogP contribution in [0, 0.1) is 11.3 Å². The van der Waals surface area contributed by atoms with Gasteiger partial charge in [0.1, 0.15) is 11.1 Å². The summed E-state index contributed by atoms with van der Waals surface area (Å²) in [6.07, 6.45) is 4.86. The zero-order chi connectivity index (χ0) is 12.8. The van der Waals surface area contributed by atoms with Gasteiger partial charge in [-0.25, -0.2) is 9.97 Å². The maximum atomic E-state index is 8.90. The highest BCUT2D eigenvalue weighted by molar-refractivity contribution is 8.03. The first kappa shape index (κ1) is 13.0. The molecule has 0 bridgehead atoms. The number of rotatable bonds is 5. The molecule has 8 heteroatoms. The Balaban J connectivity index is 2.11. The molecule has 2 aromatic rings. The summed E-state index contributed by atoms with van der Waals surface area (Å²) >= 11 is 4.34. The first-order valence-electron chi connectivity index (χ1n) is 4.79. The minimum atomic E-state index is 0.304. The van der Waals surface area contributed by atoms with E-state index in [1.54, 1.807) is 18.0 Å². The van der Waals surface area contributed by atoms with Crippen molar-refractivity contribution in [3.05, 3.63) is 30.7 Å². The molecule has 0 saturated heterocycles. The van der Waals surface area contributed by atoms with Gasteiger partial charge in [0.15, 0.2) is 14.4 Å². The van der Waals surface area contributed by atoms with Crippen LogP contribution in [-0.4, -0.2) is 25.9 Å². The number of nitriles is 1. The van der Waals surface area contributed by atoms with Crippen LogP contribution in [0.3, 0.4) is 0 Å². The topological polar surface area (TPSA) is 75.3 Å². The van der Waals surface area contributed by atoms with Gasteiger partial charge in [0.25, 0.3) is 0 Å². The van der Waals surface area contributed by atoms with Crippen LogP contribution in [0.2, 0.25) is 0 Å². The molecule has 90 valence electrons. The van der Waals surface area contributed by atoms with Crippen molar-refractivity contribution >= 4 is 34.9 Å². The summed E-state index contributed by atoms with van der Waals surface area (Å²) in [7, 11) is 0. The van der Waals surface area contributed by atoms with E-state index in [0.717, 1.165) is 14.4 Å². The Labute approximate surface area is 116 Å². The van der Waals surface area contributed by atoms with E-state index in [4.69, 9.17) is 5.26 Å². The smallest absolute Gasteiger partial charge is 0.181 e. The van der Waals surface area contributed by atoms with E-state index in [2.05, 4.69) is 26.7 Å². The number of hydrogen-bond acceptors (Lipinski definition) is 8. The number of thioether (sulfide) groups is 1. The molecular weight excluding hydrogens is 286 g/mol. The van der Waals surface area contributed by atoms with Crippen LogP contribution in [0.1, 0.15) is 5.69 Å². The van der Waals surface area contributed by atoms with Crippen LogP contribution in [0.5, 0.6) is 0 Å². The van der Waals surface area contributed by atoms with E-state index in [-0.39, 0.29) is 0 Å². The lowest BCUT2D eigenvalue weighted by Crippen LogP contribution is -1.89. The zero-order valence-corrected chi connectivity index (χ0v) is 11.6. The molecule has 0 radical (unpaired) electrons. The van der Waals surface area contributed by atoms with Crippen LogP contribution >= 0.6 is 34.9 Å². The van der Waals surface area contributed by atoms with Crippen LogP contribution in [0.4, 0.5) is 0 Å².